The van der Waals surface area contributed by atoms with Crippen molar-refractivity contribution >= 4 is 56.1 Å². The monoisotopic (exact) mass is 898 g/mol. The van der Waals surface area contributed by atoms with E-state index in [0.717, 1.165) is 40.2 Å². The van der Waals surface area contributed by atoms with Crippen LogP contribution >= 0.6 is 11.3 Å². The standard InChI is InChI=1S/C47H58N6O8S2/c1-29(2)53-36-21-15-19-33(35-28-62-40(48-35)30-16-11-10-12-17-30)39(36)50-43(53)60-32-24-37-38(54)26-47(42(56)51-63(58,59)46(6)22-23-46)25-31(47)18-13-8-7-9-14-20-34(41(55)52(37)27-32)49-44(57)61-45(3,4)5/h10-13,15-19,21,28-29,31-32,34,37H,7-9,14,20,22-27H2,1-6H3,(H,49,57)(H,51,56)/b18-13-/t31-,32+,34-,37-,47+/m0/s1. The van der Waals surface area contributed by atoms with Crippen LogP contribution in [-0.2, 0) is 29.1 Å². The van der Waals surface area contributed by atoms with Crippen molar-refractivity contribution in [2.24, 2.45) is 11.3 Å². The summed E-state index contributed by atoms with van der Waals surface area (Å²) in [6.07, 6.45) is 6.79. The second-order valence-electron chi connectivity index (χ2n) is 19.2. The molecular formula is C47H58N6O8S2. The largest absolute Gasteiger partial charge is 0.459 e. The molecule has 8 rings (SSSR count). The number of allylic oxidation sites excluding steroid dienone is 2. The average molecular weight is 899 g/mol. The number of carbonyl (C=O) groups excluding carboxylic acids is 4. The second-order valence-corrected chi connectivity index (χ2v) is 22.2. The van der Waals surface area contributed by atoms with E-state index in [-0.39, 0.29) is 37.1 Å². The summed E-state index contributed by atoms with van der Waals surface area (Å²) in [4.78, 5) is 68.4. The van der Waals surface area contributed by atoms with E-state index < -0.39 is 61.9 Å². The first-order chi connectivity index (χ1) is 29.9. The van der Waals surface area contributed by atoms with Crippen molar-refractivity contribution in [3.05, 3.63) is 66.1 Å². The number of thiazole rings is 1. The Labute approximate surface area is 373 Å². The van der Waals surface area contributed by atoms with Crippen LogP contribution in [0.4, 0.5) is 4.79 Å². The zero-order chi connectivity index (χ0) is 44.9. The number of imidazole rings is 1. The number of Topliss-reactive ketones (excluding diaryl/α,β-unsaturated/α-hetero) is 1. The number of hydrogen-bond acceptors (Lipinski definition) is 11. The number of nitrogens with zero attached hydrogens (tertiary/aromatic N) is 4. The lowest BCUT2D eigenvalue weighted by Gasteiger charge is -2.30. The van der Waals surface area contributed by atoms with E-state index in [2.05, 4.69) is 10.0 Å². The van der Waals surface area contributed by atoms with E-state index in [0.29, 0.717) is 50.1 Å². The van der Waals surface area contributed by atoms with Crippen LogP contribution in [0.2, 0.25) is 0 Å². The van der Waals surface area contributed by atoms with Crippen LogP contribution in [0.15, 0.2) is 66.1 Å². The van der Waals surface area contributed by atoms with Crippen LogP contribution in [0.25, 0.3) is 32.9 Å². The number of ketones is 1. The van der Waals surface area contributed by atoms with Crippen LogP contribution in [0, 0.1) is 11.3 Å². The van der Waals surface area contributed by atoms with Gasteiger partial charge in [0.1, 0.15) is 28.3 Å². The summed E-state index contributed by atoms with van der Waals surface area (Å²) >= 11 is 1.55. The molecule has 63 heavy (non-hydrogen) atoms. The van der Waals surface area contributed by atoms with Crippen molar-refractivity contribution in [1.29, 1.82) is 0 Å². The summed E-state index contributed by atoms with van der Waals surface area (Å²) < 4.78 is 42.3. The highest BCUT2D eigenvalue weighted by Crippen LogP contribution is 2.57. The van der Waals surface area contributed by atoms with Gasteiger partial charge in [-0.1, -0.05) is 67.5 Å². The minimum Gasteiger partial charge on any atom is -0.459 e. The van der Waals surface area contributed by atoms with E-state index in [9.17, 15) is 27.6 Å². The quantitative estimate of drug-likeness (QED) is 0.156. The van der Waals surface area contributed by atoms with Crippen LogP contribution in [0.5, 0.6) is 6.01 Å². The lowest BCUT2D eigenvalue weighted by atomic mass is 9.91. The maximum Gasteiger partial charge on any atom is 0.408 e. The predicted molar refractivity (Wildman–Crippen MR) is 241 cm³/mol. The number of hydrogen-bond donors (Lipinski definition) is 2. The zero-order valence-corrected chi connectivity index (χ0v) is 38.5. The molecule has 3 amide bonds. The molecule has 4 aliphatic rings. The van der Waals surface area contributed by atoms with E-state index in [1.165, 1.54) is 4.90 Å². The van der Waals surface area contributed by atoms with Gasteiger partial charge in [-0.05, 0) is 92.1 Å². The molecule has 0 unspecified atom stereocenters. The molecule has 2 N–H and O–H groups in total. The fourth-order valence-corrected chi connectivity index (χ4v) is 11.0. The number of nitrogens with one attached hydrogen (secondary N) is 2. The summed E-state index contributed by atoms with van der Waals surface area (Å²) in [7, 11) is -3.97. The lowest BCUT2D eigenvalue weighted by molar-refractivity contribution is -0.140. The van der Waals surface area contributed by atoms with Gasteiger partial charge in [0.2, 0.25) is 21.8 Å². The highest BCUT2D eigenvalue weighted by Gasteiger charge is 2.62. The second kappa shape index (κ2) is 17.1. The predicted octanol–water partition coefficient (Wildman–Crippen LogP) is 8.13. The molecule has 4 heterocycles. The molecule has 0 radical (unpaired) electrons. The van der Waals surface area contributed by atoms with Gasteiger partial charge in [0, 0.05) is 35.4 Å². The van der Waals surface area contributed by atoms with Crippen molar-refractivity contribution in [1.82, 2.24) is 29.5 Å². The van der Waals surface area contributed by atoms with Crippen LogP contribution in [0.3, 0.4) is 0 Å². The maximum atomic E-state index is 14.8. The van der Waals surface area contributed by atoms with Gasteiger partial charge in [0.05, 0.1) is 34.0 Å². The van der Waals surface area contributed by atoms with Crippen molar-refractivity contribution in [2.45, 2.75) is 140 Å². The number of aromatic nitrogens is 3. The number of benzene rings is 2. The Bertz CT molecular complexity index is 2540. The highest BCUT2D eigenvalue weighted by atomic mass is 32.2. The van der Waals surface area contributed by atoms with Gasteiger partial charge in [-0.3, -0.25) is 23.7 Å². The molecule has 16 heteroatoms. The summed E-state index contributed by atoms with van der Waals surface area (Å²) in [5.74, 6) is -1.85. The Morgan fingerprint density at radius 2 is 1.76 bits per heavy atom. The first-order valence-electron chi connectivity index (χ1n) is 22.1. The summed E-state index contributed by atoms with van der Waals surface area (Å²) in [6, 6.07) is 14.1. The summed E-state index contributed by atoms with van der Waals surface area (Å²) in [5, 5.41) is 5.70. The molecule has 2 aromatic heterocycles. The number of carbonyl (C=O) groups is 4. The minimum absolute atomic E-state index is 0.0116. The van der Waals surface area contributed by atoms with Crippen molar-refractivity contribution in [3.63, 3.8) is 0 Å². The number of amides is 3. The number of rotatable bonds is 9. The number of ether oxygens (including phenoxy) is 2. The number of sulfonamides is 1. The summed E-state index contributed by atoms with van der Waals surface area (Å²) in [6.45, 7) is 10.9. The molecule has 2 aromatic carbocycles. The van der Waals surface area contributed by atoms with Gasteiger partial charge in [0.15, 0.2) is 5.78 Å². The fraction of sp³-hybridized carbons (Fsp3) is 0.532. The Kier molecular flexibility index (Phi) is 12.1. The zero-order valence-electron chi connectivity index (χ0n) is 36.9. The summed E-state index contributed by atoms with van der Waals surface area (Å²) in [5.41, 5.74) is 2.08. The molecule has 1 saturated heterocycles. The molecule has 0 bridgehead atoms. The third-order valence-electron chi connectivity index (χ3n) is 12.8. The van der Waals surface area contributed by atoms with Gasteiger partial charge in [-0.15, -0.1) is 11.3 Å². The third-order valence-corrected chi connectivity index (χ3v) is 15.9. The molecule has 3 fully saturated rings. The third kappa shape index (κ3) is 9.29. The molecule has 5 atom stereocenters. The van der Waals surface area contributed by atoms with Crippen LogP contribution < -0.4 is 14.8 Å². The highest BCUT2D eigenvalue weighted by molar-refractivity contribution is 7.91. The smallest absolute Gasteiger partial charge is 0.408 e. The molecule has 4 aromatic rings. The first-order valence-corrected chi connectivity index (χ1v) is 24.5. The van der Waals surface area contributed by atoms with E-state index in [1.807, 2.05) is 84.5 Å². The van der Waals surface area contributed by atoms with Gasteiger partial charge in [-0.2, -0.15) is 4.98 Å². The van der Waals surface area contributed by atoms with Gasteiger partial charge >= 0.3 is 6.09 Å². The van der Waals surface area contributed by atoms with Gasteiger partial charge < -0.3 is 19.7 Å². The van der Waals surface area contributed by atoms with E-state index >= 15 is 0 Å². The van der Waals surface area contributed by atoms with Crippen LogP contribution in [0.1, 0.15) is 112 Å². The SMILES string of the molecule is CC(C)n1c(O[C@@H]2C[C@H]3C(=O)C[C@]4(C(=O)NS(=O)(=O)C5(C)CC5)C[C@@H]4/C=C\CCCCC[C@H](NC(=O)OC(C)(C)C)C(=O)N3C2)nc2c(-c3csc(-c4ccccc4)n3)cccc21. The fourth-order valence-electron chi connectivity index (χ4n) is 8.88. The Morgan fingerprint density at radius 3 is 2.48 bits per heavy atom. The topological polar surface area (TPSA) is 179 Å². The first kappa shape index (κ1) is 44.5. The number of alkyl carbamates (subject to hydrolysis) is 1. The van der Waals surface area contributed by atoms with Crippen molar-refractivity contribution in [3.8, 4) is 27.8 Å². The van der Waals surface area contributed by atoms with E-state index in [4.69, 9.17) is 19.4 Å². The molecule has 2 aliphatic carbocycles. The Morgan fingerprint density at radius 1 is 1.00 bits per heavy atom. The molecule has 336 valence electrons. The normalized spacial score (nSPS) is 25.7. The maximum absolute atomic E-state index is 14.8. The van der Waals surface area contributed by atoms with Gasteiger partial charge in [0.25, 0.3) is 6.01 Å². The van der Waals surface area contributed by atoms with Crippen molar-refractivity contribution < 1.29 is 37.1 Å². The number of para-hydroxylation sites is 1. The molecule has 2 aliphatic heterocycles. The average Bonchev–Trinajstić information content (AvgIpc) is 3.89. The van der Waals surface area contributed by atoms with E-state index in [1.54, 1.807) is 39.0 Å². The molecule has 0 spiro atoms. The Balaban J connectivity index is 1.12. The van der Waals surface area contributed by atoms with Crippen molar-refractivity contribution in [2.75, 3.05) is 6.54 Å². The van der Waals surface area contributed by atoms with Crippen LogP contribution in [-0.4, -0.2) is 86.6 Å². The van der Waals surface area contributed by atoms with Gasteiger partial charge in [-0.25, -0.2) is 18.2 Å². The minimum atomic E-state index is -3.97. The molecule has 14 nitrogen and oxygen atoms in total. The molecular weight excluding hydrogens is 841 g/mol. The number of fused-ring (bicyclic) bond motifs is 3. The Hall–Kier alpha value is -5.09. The lowest BCUT2D eigenvalue weighted by Crippen LogP contribution is -2.53. The molecule has 2 saturated carbocycles.